The van der Waals surface area contributed by atoms with Crippen molar-refractivity contribution in [2.45, 2.75) is 51.6 Å². The van der Waals surface area contributed by atoms with Crippen molar-refractivity contribution in [2.24, 2.45) is 5.73 Å². The molecule has 0 aromatic rings. The minimum Gasteiger partial charge on any atom is -0.465 e. The summed E-state index contributed by atoms with van der Waals surface area (Å²) >= 11 is 0. The fourth-order valence-corrected chi connectivity index (χ4v) is 1.26. The number of aliphatic hydroxyl groups is 2. The summed E-state index contributed by atoms with van der Waals surface area (Å²) in [6, 6.07) is 0. The van der Waals surface area contributed by atoms with Gasteiger partial charge in [0.1, 0.15) is 6.10 Å². The SMILES string of the molecule is CCCCCCCCOCC(O)CO.NC(=O)O. The Bertz CT molecular complexity index is 174. The van der Waals surface area contributed by atoms with Crippen molar-refractivity contribution in [3.63, 3.8) is 0 Å². The van der Waals surface area contributed by atoms with E-state index in [9.17, 15) is 0 Å². The Balaban J connectivity index is 0. The molecule has 0 aromatic carbocycles. The highest BCUT2D eigenvalue weighted by Crippen LogP contribution is 2.04. The van der Waals surface area contributed by atoms with Crippen LogP contribution in [0.25, 0.3) is 0 Å². The van der Waals surface area contributed by atoms with E-state index in [2.05, 4.69) is 12.7 Å². The van der Waals surface area contributed by atoms with Crippen LogP contribution in [0.2, 0.25) is 0 Å². The summed E-state index contributed by atoms with van der Waals surface area (Å²) in [5, 5.41) is 24.7. The van der Waals surface area contributed by atoms with Crippen molar-refractivity contribution in [3.8, 4) is 0 Å². The van der Waals surface area contributed by atoms with Gasteiger partial charge in [-0.05, 0) is 6.42 Å². The molecule has 0 saturated heterocycles. The van der Waals surface area contributed by atoms with E-state index in [1.54, 1.807) is 0 Å². The molecule has 1 amide bonds. The second-order valence-electron chi connectivity index (χ2n) is 4.02. The third kappa shape index (κ3) is 24.4. The number of carboxylic acid groups (broad SMARTS) is 1. The first-order valence-electron chi connectivity index (χ1n) is 6.39. The third-order valence-corrected chi connectivity index (χ3v) is 2.16. The van der Waals surface area contributed by atoms with Crippen molar-refractivity contribution < 1.29 is 24.9 Å². The van der Waals surface area contributed by atoms with Crippen LogP contribution in [-0.2, 0) is 4.74 Å². The molecule has 0 spiro atoms. The summed E-state index contributed by atoms with van der Waals surface area (Å²) in [4.78, 5) is 8.78. The monoisotopic (exact) mass is 265 g/mol. The number of hydrogen-bond donors (Lipinski definition) is 4. The number of nitrogens with two attached hydrogens (primary N) is 1. The first-order chi connectivity index (χ1) is 8.54. The Hall–Kier alpha value is -0.850. The van der Waals surface area contributed by atoms with E-state index in [0.717, 1.165) is 6.42 Å². The van der Waals surface area contributed by atoms with E-state index >= 15 is 0 Å². The maximum absolute atomic E-state index is 8.96. The summed E-state index contributed by atoms with van der Waals surface area (Å²) in [5.41, 5.74) is 4.03. The molecule has 0 fully saturated rings. The third-order valence-electron chi connectivity index (χ3n) is 2.16. The number of aliphatic hydroxyl groups excluding tert-OH is 2. The normalized spacial score (nSPS) is 11.5. The number of amides is 1. The molecule has 0 heterocycles. The molecule has 1 unspecified atom stereocenters. The fraction of sp³-hybridized carbons (Fsp3) is 0.917. The number of unbranched alkanes of at least 4 members (excludes halogenated alkanes) is 5. The molecule has 0 aromatic heterocycles. The largest absolute Gasteiger partial charge is 0.465 e. The van der Waals surface area contributed by atoms with Gasteiger partial charge in [-0.2, -0.15) is 0 Å². The highest BCUT2D eigenvalue weighted by atomic mass is 16.5. The van der Waals surface area contributed by atoms with E-state index in [1.165, 1.54) is 32.1 Å². The van der Waals surface area contributed by atoms with E-state index < -0.39 is 12.2 Å². The molecule has 110 valence electrons. The van der Waals surface area contributed by atoms with Crippen LogP contribution in [0, 0.1) is 0 Å². The number of ether oxygens (including phenoxy) is 1. The Morgan fingerprint density at radius 3 is 2.22 bits per heavy atom. The van der Waals surface area contributed by atoms with Gasteiger partial charge in [0.15, 0.2) is 0 Å². The van der Waals surface area contributed by atoms with Crippen LogP contribution in [0.3, 0.4) is 0 Å². The van der Waals surface area contributed by atoms with Gasteiger partial charge in [0.05, 0.1) is 13.2 Å². The maximum atomic E-state index is 8.96. The molecular weight excluding hydrogens is 238 g/mol. The summed E-state index contributed by atoms with van der Waals surface area (Å²) in [7, 11) is 0. The van der Waals surface area contributed by atoms with Crippen LogP contribution < -0.4 is 5.73 Å². The summed E-state index contributed by atoms with van der Waals surface area (Å²) in [6.45, 7) is 2.95. The zero-order chi connectivity index (χ0) is 14.2. The van der Waals surface area contributed by atoms with E-state index in [0.29, 0.717) is 6.61 Å². The smallest absolute Gasteiger partial charge is 0.402 e. The lowest BCUT2D eigenvalue weighted by atomic mass is 10.1. The minimum absolute atomic E-state index is 0.212. The molecule has 18 heavy (non-hydrogen) atoms. The van der Waals surface area contributed by atoms with Gasteiger partial charge in [0, 0.05) is 6.61 Å². The van der Waals surface area contributed by atoms with Crippen LogP contribution in [0.15, 0.2) is 0 Å². The molecule has 0 aliphatic carbocycles. The lowest BCUT2D eigenvalue weighted by molar-refractivity contribution is 0.00526. The molecule has 0 aliphatic heterocycles. The van der Waals surface area contributed by atoms with Crippen LogP contribution in [0.5, 0.6) is 0 Å². The first-order valence-corrected chi connectivity index (χ1v) is 6.39. The van der Waals surface area contributed by atoms with Gasteiger partial charge < -0.3 is 25.8 Å². The van der Waals surface area contributed by atoms with E-state index in [1.807, 2.05) is 0 Å². The highest BCUT2D eigenvalue weighted by Gasteiger charge is 2.00. The molecular formula is C12H27NO5. The van der Waals surface area contributed by atoms with Crippen LogP contribution in [0.4, 0.5) is 4.79 Å². The van der Waals surface area contributed by atoms with Gasteiger partial charge in [-0.3, -0.25) is 0 Å². The zero-order valence-corrected chi connectivity index (χ0v) is 11.2. The molecule has 0 radical (unpaired) electrons. The van der Waals surface area contributed by atoms with E-state index in [4.69, 9.17) is 24.9 Å². The van der Waals surface area contributed by atoms with Crippen molar-refractivity contribution >= 4 is 6.09 Å². The van der Waals surface area contributed by atoms with Crippen LogP contribution >= 0.6 is 0 Å². The van der Waals surface area contributed by atoms with Crippen LogP contribution in [0.1, 0.15) is 45.4 Å². The van der Waals surface area contributed by atoms with Crippen molar-refractivity contribution in [2.75, 3.05) is 19.8 Å². The predicted molar refractivity (Wildman–Crippen MR) is 69.5 cm³/mol. The molecule has 0 rings (SSSR count). The van der Waals surface area contributed by atoms with Gasteiger partial charge in [0.2, 0.25) is 0 Å². The molecule has 0 saturated carbocycles. The molecule has 6 heteroatoms. The molecule has 1 atom stereocenters. The van der Waals surface area contributed by atoms with Gasteiger partial charge in [-0.15, -0.1) is 0 Å². The standard InChI is InChI=1S/C11H24O3.CH3NO2/c1-2-3-4-5-6-7-8-14-10-11(13)9-12;2-1(3)4/h11-13H,2-10H2,1H3;2H2,(H,3,4). The van der Waals surface area contributed by atoms with Crippen molar-refractivity contribution in [1.82, 2.24) is 0 Å². The average molecular weight is 265 g/mol. The molecule has 5 N–H and O–H groups in total. The first kappa shape index (κ1) is 19.5. The zero-order valence-electron chi connectivity index (χ0n) is 11.2. The summed E-state index contributed by atoms with van der Waals surface area (Å²) < 4.78 is 5.18. The van der Waals surface area contributed by atoms with Gasteiger partial charge in [-0.1, -0.05) is 39.0 Å². The Kier molecular flexibility index (Phi) is 17.5. The highest BCUT2D eigenvalue weighted by molar-refractivity contribution is 5.61. The topological polar surface area (TPSA) is 113 Å². The lowest BCUT2D eigenvalue weighted by Gasteiger charge is -2.07. The lowest BCUT2D eigenvalue weighted by Crippen LogP contribution is -2.19. The Labute approximate surface area is 109 Å². The molecule has 6 nitrogen and oxygen atoms in total. The van der Waals surface area contributed by atoms with Crippen molar-refractivity contribution in [1.29, 1.82) is 0 Å². The number of primary amides is 1. The quantitative estimate of drug-likeness (QED) is 0.445. The average Bonchev–Trinajstić information content (AvgIpc) is 2.31. The Morgan fingerprint density at radius 1 is 1.22 bits per heavy atom. The predicted octanol–water partition coefficient (Wildman–Crippen LogP) is 1.34. The van der Waals surface area contributed by atoms with Crippen LogP contribution in [-0.4, -0.2) is 47.3 Å². The van der Waals surface area contributed by atoms with Gasteiger partial charge in [0.25, 0.3) is 0 Å². The second kappa shape index (κ2) is 16.1. The van der Waals surface area contributed by atoms with Gasteiger partial charge in [-0.25, -0.2) is 4.79 Å². The van der Waals surface area contributed by atoms with E-state index in [-0.39, 0.29) is 13.2 Å². The minimum atomic E-state index is -1.33. The number of hydrogen-bond acceptors (Lipinski definition) is 4. The second-order valence-corrected chi connectivity index (χ2v) is 4.02. The summed E-state index contributed by atoms with van der Waals surface area (Å²) in [6.07, 6.45) is 5.41. The van der Waals surface area contributed by atoms with Gasteiger partial charge >= 0.3 is 6.09 Å². The molecule has 0 aliphatic rings. The molecule has 0 bridgehead atoms. The van der Waals surface area contributed by atoms with Crippen molar-refractivity contribution in [3.05, 3.63) is 0 Å². The maximum Gasteiger partial charge on any atom is 0.402 e. The Morgan fingerprint density at radius 2 is 1.72 bits per heavy atom. The fourth-order valence-electron chi connectivity index (χ4n) is 1.26. The number of rotatable bonds is 10. The summed E-state index contributed by atoms with van der Waals surface area (Å²) in [5.74, 6) is 0. The number of carbonyl (C=O) groups is 1.